The van der Waals surface area contributed by atoms with Crippen LogP contribution in [0.3, 0.4) is 0 Å². The topological polar surface area (TPSA) is 46.2 Å². The van der Waals surface area contributed by atoms with Crippen LogP contribution in [0.25, 0.3) is 0 Å². The summed E-state index contributed by atoms with van der Waals surface area (Å²) in [5.41, 5.74) is 0. The van der Waals surface area contributed by atoms with Gasteiger partial charge >= 0.3 is 0 Å². The summed E-state index contributed by atoms with van der Waals surface area (Å²) < 4.78 is 0. The summed E-state index contributed by atoms with van der Waals surface area (Å²) in [5.74, 6) is 0.192. The maximum absolute atomic E-state index is 11.4. The molecule has 0 aliphatic carbocycles. The number of amides is 1. The molecule has 14 heavy (non-hydrogen) atoms. The van der Waals surface area contributed by atoms with Gasteiger partial charge in [-0.05, 0) is 23.4 Å². The molecule has 0 saturated heterocycles. The third kappa shape index (κ3) is 5.22. The van der Waals surface area contributed by atoms with Gasteiger partial charge in [0.2, 0.25) is 11.1 Å². The van der Waals surface area contributed by atoms with Crippen molar-refractivity contribution in [1.29, 1.82) is 0 Å². The molecule has 0 aromatic heterocycles. The van der Waals surface area contributed by atoms with Crippen LogP contribution in [0.15, 0.2) is 0 Å². The van der Waals surface area contributed by atoms with Crippen molar-refractivity contribution in [1.82, 2.24) is 5.32 Å². The summed E-state index contributed by atoms with van der Waals surface area (Å²) in [5, 5.41) is 2.12. The highest BCUT2D eigenvalue weighted by Crippen LogP contribution is 2.07. The number of hydrogen-bond acceptors (Lipinski definition) is 2. The number of rotatable bonds is 5. The van der Waals surface area contributed by atoms with Crippen LogP contribution in [0.5, 0.6) is 0 Å². The molecule has 1 amide bonds. The lowest BCUT2D eigenvalue weighted by Gasteiger charge is -2.18. The SMILES string of the molecule is CC(C)CC(=O)NC(C(=O)Cl)C(C)C. The zero-order valence-corrected chi connectivity index (χ0v) is 9.89. The normalized spacial score (nSPS) is 13.1. The van der Waals surface area contributed by atoms with Gasteiger partial charge in [0, 0.05) is 6.42 Å². The Morgan fingerprint density at radius 2 is 1.71 bits per heavy atom. The van der Waals surface area contributed by atoms with Crippen molar-refractivity contribution < 1.29 is 9.59 Å². The van der Waals surface area contributed by atoms with E-state index in [0.29, 0.717) is 6.42 Å². The van der Waals surface area contributed by atoms with E-state index in [4.69, 9.17) is 11.6 Å². The van der Waals surface area contributed by atoms with Crippen LogP contribution >= 0.6 is 11.6 Å². The van der Waals surface area contributed by atoms with Crippen molar-refractivity contribution in [2.75, 3.05) is 0 Å². The van der Waals surface area contributed by atoms with Gasteiger partial charge < -0.3 is 5.32 Å². The van der Waals surface area contributed by atoms with Crippen LogP contribution in [-0.2, 0) is 9.59 Å². The lowest BCUT2D eigenvalue weighted by Crippen LogP contribution is -2.42. The zero-order chi connectivity index (χ0) is 11.3. The van der Waals surface area contributed by atoms with E-state index in [1.165, 1.54) is 0 Å². The van der Waals surface area contributed by atoms with Crippen LogP contribution in [0.2, 0.25) is 0 Å². The molecule has 1 unspecified atom stereocenters. The van der Waals surface area contributed by atoms with Crippen molar-refractivity contribution in [3.8, 4) is 0 Å². The Hall–Kier alpha value is -0.570. The number of carbonyl (C=O) groups is 2. The lowest BCUT2D eigenvalue weighted by atomic mass is 10.0. The molecule has 0 radical (unpaired) electrons. The Morgan fingerprint density at radius 1 is 1.21 bits per heavy atom. The first-order chi connectivity index (χ1) is 6.34. The van der Waals surface area contributed by atoms with Crippen molar-refractivity contribution >= 4 is 22.8 Å². The summed E-state index contributed by atoms with van der Waals surface area (Å²) in [4.78, 5) is 22.3. The highest BCUT2D eigenvalue weighted by molar-refractivity contribution is 6.64. The van der Waals surface area contributed by atoms with Crippen molar-refractivity contribution in [2.45, 2.75) is 40.2 Å². The summed E-state index contributed by atoms with van der Waals surface area (Å²) in [7, 11) is 0. The van der Waals surface area contributed by atoms with E-state index < -0.39 is 11.3 Å². The van der Waals surface area contributed by atoms with E-state index in [1.807, 2.05) is 27.7 Å². The Morgan fingerprint density at radius 3 is 2.00 bits per heavy atom. The van der Waals surface area contributed by atoms with Crippen LogP contribution in [0.1, 0.15) is 34.1 Å². The summed E-state index contributed by atoms with van der Waals surface area (Å²) in [6.07, 6.45) is 0.424. The average molecular weight is 220 g/mol. The molecule has 0 aliphatic heterocycles. The predicted octanol–water partition coefficient (Wildman–Crippen LogP) is 1.94. The van der Waals surface area contributed by atoms with Gasteiger partial charge in [-0.1, -0.05) is 27.7 Å². The van der Waals surface area contributed by atoms with Gasteiger partial charge in [0.05, 0.1) is 0 Å². The van der Waals surface area contributed by atoms with E-state index in [2.05, 4.69) is 5.32 Å². The van der Waals surface area contributed by atoms with Crippen LogP contribution < -0.4 is 5.32 Å². The minimum Gasteiger partial charge on any atom is -0.345 e. The van der Waals surface area contributed by atoms with Gasteiger partial charge in [0.1, 0.15) is 6.04 Å². The summed E-state index contributed by atoms with van der Waals surface area (Å²) in [6.45, 7) is 7.60. The molecular formula is C10H18ClNO2. The lowest BCUT2D eigenvalue weighted by molar-refractivity contribution is -0.126. The molecule has 0 spiro atoms. The standard InChI is InChI=1S/C10H18ClNO2/c1-6(2)5-8(13)12-9(7(3)4)10(11)14/h6-7,9H,5H2,1-4H3,(H,12,13). The molecule has 0 aromatic rings. The van der Waals surface area contributed by atoms with Crippen molar-refractivity contribution in [3.05, 3.63) is 0 Å². The minimum absolute atomic E-state index is 0.0242. The third-order valence-electron chi connectivity index (χ3n) is 1.82. The smallest absolute Gasteiger partial charge is 0.244 e. The van der Waals surface area contributed by atoms with E-state index in [-0.39, 0.29) is 17.7 Å². The fourth-order valence-corrected chi connectivity index (χ4v) is 1.40. The molecule has 3 nitrogen and oxygen atoms in total. The largest absolute Gasteiger partial charge is 0.345 e. The molecule has 1 N–H and O–H groups in total. The molecule has 0 fully saturated rings. The fourth-order valence-electron chi connectivity index (χ4n) is 1.09. The van der Waals surface area contributed by atoms with E-state index in [1.54, 1.807) is 0 Å². The summed E-state index contributed by atoms with van der Waals surface area (Å²) >= 11 is 5.37. The van der Waals surface area contributed by atoms with Crippen molar-refractivity contribution in [2.24, 2.45) is 11.8 Å². The molecule has 0 heterocycles. The molecule has 1 atom stereocenters. The molecular weight excluding hydrogens is 202 g/mol. The Bertz CT molecular complexity index is 214. The average Bonchev–Trinajstić information content (AvgIpc) is 1.97. The van der Waals surface area contributed by atoms with E-state index in [0.717, 1.165) is 0 Å². The maximum Gasteiger partial charge on any atom is 0.244 e. The van der Waals surface area contributed by atoms with Gasteiger partial charge in [0.25, 0.3) is 0 Å². The highest BCUT2D eigenvalue weighted by atomic mass is 35.5. The first-order valence-corrected chi connectivity index (χ1v) is 5.21. The quantitative estimate of drug-likeness (QED) is 0.719. The number of hydrogen-bond donors (Lipinski definition) is 1. The molecule has 0 saturated carbocycles. The van der Waals surface area contributed by atoms with Gasteiger partial charge in [0.15, 0.2) is 0 Å². The fraction of sp³-hybridized carbons (Fsp3) is 0.800. The number of nitrogens with one attached hydrogen (secondary N) is 1. The Kier molecular flexibility index (Phi) is 5.77. The Labute approximate surface area is 90.2 Å². The predicted molar refractivity (Wildman–Crippen MR) is 57.1 cm³/mol. The zero-order valence-electron chi connectivity index (χ0n) is 9.13. The van der Waals surface area contributed by atoms with Crippen molar-refractivity contribution in [3.63, 3.8) is 0 Å². The second-order valence-electron chi connectivity index (χ2n) is 4.19. The first-order valence-electron chi connectivity index (χ1n) is 4.83. The number of halogens is 1. The minimum atomic E-state index is -0.567. The first kappa shape index (κ1) is 13.4. The maximum atomic E-state index is 11.4. The van der Waals surface area contributed by atoms with Gasteiger partial charge in [-0.15, -0.1) is 0 Å². The van der Waals surface area contributed by atoms with Gasteiger partial charge in [-0.25, -0.2) is 0 Å². The van der Waals surface area contributed by atoms with Crippen LogP contribution in [0.4, 0.5) is 0 Å². The monoisotopic (exact) mass is 219 g/mol. The second kappa shape index (κ2) is 6.02. The summed E-state index contributed by atoms with van der Waals surface area (Å²) in [6, 6.07) is -0.567. The Balaban J connectivity index is 4.17. The molecule has 0 aliphatic rings. The molecule has 0 bridgehead atoms. The van der Waals surface area contributed by atoms with Crippen LogP contribution in [0, 0.1) is 11.8 Å². The molecule has 82 valence electrons. The van der Waals surface area contributed by atoms with Gasteiger partial charge in [-0.3, -0.25) is 9.59 Å². The van der Waals surface area contributed by atoms with Crippen LogP contribution in [-0.4, -0.2) is 17.2 Å². The molecule has 0 rings (SSSR count). The van der Waals surface area contributed by atoms with E-state index in [9.17, 15) is 9.59 Å². The highest BCUT2D eigenvalue weighted by Gasteiger charge is 2.22. The van der Waals surface area contributed by atoms with E-state index >= 15 is 0 Å². The number of carbonyl (C=O) groups excluding carboxylic acids is 2. The molecule has 0 aromatic carbocycles. The second-order valence-corrected chi connectivity index (χ2v) is 4.56. The van der Waals surface area contributed by atoms with Gasteiger partial charge in [-0.2, -0.15) is 0 Å². The third-order valence-corrected chi connectivity index (χ3v) is 2.06. The molecule has 4 heteroatoms.